The first-order valence-corrected chi connectivity index (χ1v) is 10.3. The van der Waals surface area contributed by atoms with Crippen LogP contribution in [-0.2, 0) is 0 Å². The van der Waals surface area contributed by atoms with Crippen LogP contribution in [-0.4, -0.2) is 0 Å². The molecule has 0 saturated heterocycles. The molecule has 0 spiro atoms. The van der Waals surface area contributed by atoms with E-state index in [1.165, 1.54) is 11.1 Å². The van der Waals surface area contributed by atoms with Crippen molar-refractivity contribution in [3.05, 3.63) is 108 Å². The smallest absolute Gasteiger partial charge is 0.139 e. The van der Waals surface area contributed by atoms with Crippen LogP contribution < -0.4 is 4.74 Å². The predicted molar refractivity (Wildman–Crippen MR) is 125 cm³/mol. The van der Waals surface area contributed by atoms with Crippen LogP contribution in [0.5, 0.6) is 11.5 Å². The highest BCUT2D eigenvalue weighted by Crippen LogP contribution is 2.39. The van der Waals surface area contributed by atoms with Crippen molar-refractivity contribution in [1.29, 1.82) is 0 Å². The van der Waals surface area contributed by atoms with E-state index < -0.39 is 0 Å². The summed E-state index contributed by atoms with van der Waals surface area (Å²) in [4.78, 5) is 0. The molecular formula is C28H22O2. The quantitative estimate of drug-likeness (QED) is 0.281. The van der Waals surface area contributed by atoms with Crippen LogP contribution >= 0.6 is 0 Å². The van der Waals surface area contributed by atoms with E-state index in [-0.39, 0.29) is 0 Å². The molecule has 0 aliphatic carbocycles. The van der Waals surface area contributed by atoms with E-state index >= 15 is 0 Å². The Morgan fingerprint density at radius 2 is 1.47 bits per heavy atom. The third-order valence-electron chi connectivity index (χ3n) is 5.30. The lowest BCUT2D eigenvalue weighted by Crippen LogP contribution is -1.90. The number of benzene rings is 4. The Bertz CT molecular complexity index is 1330. The number of furan rings is 1. The number of ether oxygens (including phenoxy) is 1. The minimum absolute atomic E-state index is 0.773. The van der Waals surface area contributed by atoms with Crippen LogP contribution in [0, 0.1) is 0 Å². The predicted octanol–water partition coefficient (Wildman–Crippen LogP) is 8.33. The zero-order chi connectivity index (χ0) is 20.3. The van der Waals surface area contributed by atoms with Crippen molar-refractivity contribution >= 4 is 33.6 Å². The molecule has 5 aromatic rings. The molecule has 0 unspecified atom stereocenters. The van der Waals surface area contributed by atoms with Gasteiger partial charge in [-0.1, -0.05) is 79.7 Å². The molecular weight excluding hydrogens is 368 g/mol. The average molecular weight is 390 g/mol. The summed E-state index contributed by atoms with van der Waals surface area (Å²) in [5.74, 6) is 1.58. The first-order valence-electron chi connectivity index (χ1n) is 10.3. The van der Waals surface area contributed by atoms with Gasteiger partial charge in [0.1, 0.15) is 22.7 Å². The van der Waals surface area contributed by atoms with Gasteiger partial charge in [-0.2, -0.15) is 0 Å². The van der Waals surface area contributed by atoms with Gasteiger partial charge in [-0.25, -0.2) is 0 Å². The molecule has 4 aromatic carbocycles. The fourth-order valence-electron chi connectivity index (χ4n) is 3.89. The van der Waals surface area contributed by atoms with Gasteiger partial charge in [0.2, 0.25) is 0 Å². The molecule has 0 aliphatic rings. The molecule has 0 N–H and O–H groups in total. The number of para-hydroxylation sites is 2. The largest absolute Gasteiger partial charge is 0.457 e. The maximum Gasteiger partial charge on any atom is 0.139 e. The summed E-state index contributed by atoms with van der Waals surface area (Å²) in [5.41, 5.74) is 5.31. The van der Waals surface area contributed by atoms with E-state index in [1.54, 1.807) is 0 Å². The molecule has 0 atom stereocenters. The van der Waals surface area contributed by atoms with Gasteiger partial charge in [-0.15, -0.1) is 0 Å². The number of allylic oxidation sites excluding steroid dienone is 1. The minimum Gasteiger partial charge on any atom is -0.457 e. The molecule has 30 heavy (non-hydrogen) atoms. The molecule has 2 heteroatoms. The van der Waals surface area contributed by atoms with Crippen LogP contribution in [0.25, 0.3) is 33.6 Å². The number of rotatable bonds is 5. The van der Waals surface area contributed by atoms with E-state index in [0.29, 0.717) is 0 Å². The van der Waals surface area contributed by atoms with Gasteiger partial charge in [0, 0.05) is 16.8 Å². The highest BCUT2D eigenvalue weighted by Gasteiger charge is 2.16. The zero-order valence-corrected chi connectivity index (χ0v) is 16.8. The fraction of sp³-hybridized carbons (Fsp3) is 0.0714. The topological polar surface area (TPSA) is 22.4 Å². The molecule has 5 rings (SSSR count). The summed E-state index contributed by atoms with van der Waals surface area (Å²) in [5, 5.41) is 2.26. The summed E-state index contributed by atoms with van der Waals surface area (Å²) < 4.78 is 12.4. The van der Waals surface area contributed by atoms with Crippen molar-refractivity contribution in [2.24, 2.45) is 0 Å². The monoisotopic (exact) mass is 390 g/mol. The third-order valence-corrected chi connectivity index (χ3v) is 5.30. The molecule has 0 radical (unpaired) electrons. The van der Waals surface area contributed by atoms with Crippen LogP contribution in [0.2, 0.25) is 0 Å². The van der Waals surface area contributed by atoms with Crippen molar-refractivity contribution in [3.8, 4) is 11.5 Å². The summed E-state index contributed by atoms with van der Waals surface area (Å²) in [6.45, 7) is 2.19. The van der Waals surface area contributed by atoms with Crippen molar-refractivity contribution in [1.82, 2.24) is 0 Å². The molecule has 1 heterocycles. The van der Waals surface area contributed by atoms with Crippen LogP contribution in [0.3, 0.4) is 0 Å². The summed E-state index contributed by atoms with van der Waals surface area (Å²) >= 11 is 0. The number of hydrogen-bond acceptors (Lipinski definition) is 2. The van der Waals surface area contributed by atoms with Gasteiger partial charge < -0.3 is 9.15 Å². The second-order valence-corrected chi connectivity index (χ2v) is 7.29. The first-order chi connectivity index (χ1) is 14.8. The minimum atomic E-state index is 0.773. The summed E-state index contributed by atoms with van der Waals surface area (Å²) in [6, 6.07) is 32.6. The molecule has 0 amide bonds. The lowest BCUT2D eigenvalue weighted by atomic mass is 9.95. The van der Waals surface area contributed by atoms with Crippen LogP contribution in [0.15, 0.2) is 101 Å². The van der Waals surface area contributed by atoms with Gasteiger partial charge in [-0.3, -0.25) is 0 Å². The fourth-order valence-corrected chi connectivity index (χ4v) is 3.89. The molecule has 0 fully saturated rings. The van der Waals surface area contributed by atoms with Crippen molar-refractivity contribution in [2.45, 2.75) is 13.3 Å². The summed E-state index contributed by atoms with van der Waals surface area (Å²) in [7, 11) is 0. The molecule has 1 aromatic heterocycles. The van der Waals surface area contributed by atoms with E-state index in [1.807, 2.05) is 54.6 Å². The normalized spacial score (nSPS) is 11.8. The average Bonchev–Trinajstić information content (AvgIpc) is 3.17. The second-order valence-electron chi connectivity index (χ2n) is 7.29. The van der Waals surface area contributed by atoms with E-state index in [4.69, 9.17) is 9.15 Å². The standard InChI is InChI=1S/C28H22O2/c1-2-21(17-20-11-5-3-6-12-20)25-18-23(29-22-13-7-4-8-14-22)19-27-28(25)24-15-9-10-16-26(24)30-27/h3-19H,2H2,1H3/b21-17-. The van der Waals surface area contributed by atoms with Gasteiger partial charge in [0.25, 0.3) is 0 Å². The first kappa shape index (κ1) is 18.3. The van der Waals surface area contributed by atoms with Crippen molar-refractivity contribution < 1.29 is 9.15 Å². The lowest BCUT2D eigenvalue weighted by Gasteiger charge is -2.12. The maximum atomic E-state index is 6.21. The van der Waals surface area contributed by atoms with Gasteiger partial charge >= 0.3 is 0 Å². The Labute approximate surface area is 176 Å². The summed E-state index contributed by atoms with van der Waals surface area (Å²) in [6.07, 6.45) is 3.15. The van der Waals surface area contributed by atoms with Crippen molar-refractivity contribution in [2.75, 3.05) is 0 Å². The molecule has 2 nitrogen and oxygen atoms in total. The molecule has 146 valence electrons. The third kappa shape index (κ3) is 3.48. The highest BCUT2D eigenvalue weighted by atomic mass is 16.5. The molecule has 0 bridgehead atoms. The molecule has 0 saturated carbocycles. The molecule has 0 aliphatic heterocycles. The number of hydrogen-bond donors (Lipinski definition) is 0. The van der Waals surface area contributed by atoms with Crippen molar-refractivity contribution in [3.63, 3.8) is 0 Å². The SMILES string of the molecule is CC/C(=C/c1ccccc1)c1cc(Oc2ccccc2)cc2oc3ccccc3c12. The Hall–Kier alpha value is -3.78. The zero-order valence-electron chi connectivity index (χ0n) is 16.8. The van der Waals surface area contributed by atoms with E-state index in [0.717, 1.165) is 45.4 Å². The van der Waals surface area contributed by atoms with Crippen LogP contribution in [0.4, 0.5) is 0 Å². The Morgan fingerprint density at radius 3 is 2.23 bits per heavy atom. The second kappa shape index (κ2) is 7.92. The van der Waals surface area contributed by atoms with Gasteiger partial charge in [-0.05, 0) is 47.4 Å². The maximum absolute atomic E-state index is 6.21. The van der Waals surface area contributed by atoms with E-state index in [2.05, 4.69) is 55.5 Å². The van der Waals surface area contributed by atoms with Crippen LogP contribution in [0.1, 0.15) is 24.5 Å². The Kier molecular flexibility index (Phi) is 4.82. The number of fused-ring (bicyclic) bond motifs is 3. The Balaban J connectivity index is 1.74. The lowest BCUT2D eigenvalue weighted by molar-refractivity contribution is 0.482. The van der Waals surface area contributed by atoms with Gasteiger partial charge in [0.15, 0.2) is 0 Å². The van der Waals surface area contributed by atoms with Gasteiger partial charge in [0.05, 0.1) is 0 Å². The Morgan fingerprint density at radius 1 is 0.767 bits per heavy atom. The highest BCUT2D eigenvalue weighted by molar-refractivity contribution is 6.11. The van der Waals surface area contributed by atoms with E-state index in [9.17, 15) is 0 Å².